The average molecular weight is 453 g/mol. The number of carbonyl (C=O) groups is 2. The third-order valence-electron chi connectivity index (χ3n) is 3.47. The number of imide groups is 1. The summed E-state index contributed by atoms with van der Waals surface area (Å²) in [5.74, 6) is -1.16. The maximum absolute atomic E-state index is 11.8. The molecule has 0 bridgehead atoms. The summed E-state index contributed by atoms with van der Waals surface area (Å²) in [4.78, 5) is 33.7. The molecule has 1 aromatic heterocycles. The second-order valence-corrected chi connectivity index (χ2v) is 6.77. The molecule has 0 saturated carbocycles. The number of ether oxygens (including phenoxy) is 1. The number of carbonyl (C=O) groups excluding carboxylic acids is 1. The molecule has 30 heavy (non-hydrogen) atoms. The van der Waals surface area contributed by atoms with Crippen LogP contribution in [0, 0.1) is 11.3 Å². The smallest absolute Gasteiger partial charge is 0.411 e. The lowest BCUT2D eigenvalue weighted by atomic mass is 10.1. The lowest BCUT2D eigenvalue weighted by Gasteiger charge is -2.12. The Morgan fingerprint density at radius 1 is 1.30 bits per heavy atom. The summed E-state index contributed by atoms with van der Waals surface area (Å²) in [6.07, 6.45) is -1.63. The van der Waals surface area contributed by atoms with Crippen LogP contribution in [0.4, 0.5) is 10.5 Å². The van der Waals surface area contributed by atoms with Gasteiger partial charge < -0.3 is 9.84 Å². The fourth-order valence-corrected chi connectivity index (χ4v) is 2.68. The van der Waals surface area contributed by atoms with Crippen LogP contribution < -0.4 is 21.0 Å². The number of H-pyrrole nitrogens is 1. The standard InChI is InChI=1S/C17H14Cl2N6O5/c1-7(2)9-5-13(24-25-15(9)26)30-14-10(18)3-8(4-11(14)19)22-23-12(6-20)16(27)21-17(28)29/h3-5,7,22H,1-2H3,(H,21,27)(H,25,26)(H,28,29)/b23-12-. The second-order valence-electron chi connectivity index (χ2n) is 5.96. The number of hydrazone groups is 1. The largest absolute Gasteiger partial charge is 0.465 e. The van der Waals surface area contributed by atoms with Crippen molar-refractivity contribution in [1.29, 1.82) is 5.26 Å². The van der Waals surface area contributed by atoms with Gasteiger partial charge in [-0.1, -0.05) is 37.0 Å². The first-order valence-electron chi connectivity index (χ1n) is 8.17. The van der Waals surface area contributed by atoms with Gasteiger partial charge in [-0.3, -0.25) is 20.3 Å². The van der Waals surface area contributed by atoms with E-state index in [-0.39, 0.29) is 38.8 Å². The highest BCUT2D eigenvalue weighted by atomic mass is 35.5. The molecule has 0 radical (unpaired) electrons. The highest BCUT2D eigenvalue weighted by Gasteiger charge is 2.16. The summed E-state index contributed by atoms with van der Waals surface area (Å²) in [6, 6.07) is 5.60. The molecule has 0 aliphatic rings. The summed E-state index contributed by atoms with van der Waals surface area (Å²) in [7, 11) is 0. The van der Waals surface area contributed by atoms with Gasteiger partial charge in [0.15, 0.2) is 5.75 Å². The molecular formula is C17H14Cl2N6O5. The zero-order valence-corrected chi connectivity index (χ0v) is 17.0. The SMILES string of the molecule is CC(C)c1cc(Oc2c(Cl)cc(N/N=C(/C#N)C(=O)NC(=O)O)cc2Cl)n[nH]c1=O. The van der Waals surface area contributed by atoms with Crippen LogP contribution >= 0.6 is 23.2 Å². The lowest BCUT2D eigenvalue weighted by molar-refractivity contribution is -0.114. The first kappa shape index (κ1) is 22.7. The molecule has 0 atom stereocenters. The third kappa shape index (κ3) is 5.69. The van der Waals surface area contributed by atoms with Crippen molar-refractivity contribution in [3.63, 3.8) is 0 Å². The van der Waals surface area contributed by atoms with Crippen LogP contribution in [0.5, 0.6) is 11.6 Å². The minimum atomic E-state index is -1.63. The normalized spacial score (nSPS) is 11.0. The van der Waals surface area contributed by atoms with Crippen LogP contribution in [-0.4, -0.2) is 33.0 Å². The molecule has 0 fully saturated rings. The Morgan fingerprint density at radius 2 is 1.93 bits per heavy atom. The molecular weight excluding hydrogens is 439 g/mol. The van der Waals surface area contributed by atoms with Crippen molar-refractivity contribution in [1.82, 2.24) is 15.5 Å². The van der Waals surface area contributed by atoms with E-state index in [1.165, 1.54) is 29.6 Å². The maximum atomic E-state index is 11.8. The minimum Gasteiger partial charge on any atom is -0.465 e. The van der Waals surface area contributed by atoms with E-state index >= 15 is 0 Å². The van der Waals surface area contributed by atoms with Crippen LogP contribution in [0.1, 0.15) is 25.3 Å². The molecule has 0 saturated heterocycles. The number of aromatic nitrogens is 2. The number of benzene rings is 1. The second kappa shape index (κ2) is 9.73. The highest BCUT2D eigenvalue weighted by Crippen LogP contribution is 2.38. The molecule has 0 unspecified atom stereocenters. The monoisotopic (exact) mass is 452 g/mol. The quantitative estimate of drug-likeness (QED) is 0.382. The molecule has 2 amide bonds. The van der Waals surface area contributed by atoms with Crippen LogP contribution in [0.3, 0.4) is 0 Å². The van der Waals surface area contributed by atoms with E-state index in [1.54, 1.807) is 0 Å². The number of nitrogens with one attached hydrogen (secondary N) is 3. The zero-order chi connectivity index (χ0) is 22.4. The van der Waals surface area contributed by atoms with Gasteiger partial charge in [0.25, 0.3) is 11.5 Å². The summed E-state index contributed by atoms with van der Waals surface area (Å²) >= 11 is 12.4. The van der Waals surface area contributed by atoms with Gasteiger partial charge in [-0.2, -0.15) is 10.4 Å². The number of anilines is 1. The Bertz CT molecular complexity index is 1100. The van der Waals surface area contributed by atoms with Gasteiger partial charge in [-0.15, -0.1) is 5.10 Å². The Balaban J connectivity index is 2.26. The number of nitriles is 1. The summed E-state index contributed by atoms with van der Waals surface area (Å²) in [5, 5.41) is 28.6. The molecule has 1 heterocycles. The predicted octanol–water partition coefficient (Wildman–Crippen LogP) is 3.08. The van der Waals surface area contributed by atoms with Gasteiger partial charge in [0.05, 0.1) is 15.7 Å². The first-order valence-corrected chi connectivity index (χ1v) is 8.92. The van der Waals surface area contributed by atoms with Crippen molar-refractivity contribution in [3.05, 3.63) is 44.2 Å². The molecule has 1 aromatic carbocycles. The number of aromatic amines is 1. The van der Waals surface area contributed by atoms with E-state index in [2.05, 4.69) is 20.7 Å². The van der Waals surface area contributed by atoms with E-state index < -0.39 is 17.7 Å². The maximum Gasteiger partial charge on any atom is 0.411 e. The number of halogens is 2. The van der Waals surface area contributed by atoms with Crippen molar-refractivity contribution in [3.8, 4) is 17.7 Å². The van der Waals surface area contributed by atoms with E-state index in [4.69, 9.17) is 38.3 Å². The fourth-order valence-electron chi connectivity index (χ4n) is 2.11. The van der Waals surface area contributed by atoms with Crippen molar-refractivity contribution in [2.24, 2.45) is 5.10 Å². The average Bonchev–Trinajstić information content (AvgIpc) is 2.65. The predicted molar refractivity (Wildman–Crippen MR) is 108 cm³/mol. The van der Waals surface area contributed by atoms with E-state index in [9.17, 15) is 14.4 Å². The fraction of sp³-hybridized carbons (Fsp3) is 0.176. The molecule has 2 aromatic rings. The van der Waals surface area contributed by atoms with Gasteiger partial charge in [-0.25, -0.2) is 9.89 Å². The van der Waals surface area contributed by atoms with Gasteiger partial charge in [0.1, 0.15) is 6.07 Å². The van der Waals surface area contributed by atoms with Gasteiger partial charge in [0.2, 0.25) is 11.6 Å². The molecule has 0 spiro atoms. The third-order valence-corrected chi connectivity index (χ3v) is 4.04. The number of carboxylic acid groups (broad SMARTS) is 1. The van der Waals surface area contributed by atoms with Gasteiger partial charge in [-0.05, 0) is 18.1 Å². The van der Waals surface area contributed by atoms with Crippen LogP contribution in [-0.2, 0) is 4.79 Å². The van der Waals surface area contributed by atoms with Crippen molar-refractivity contribution < 1.29 is 19.4 Å². The van der Waals surface area contributed by atoms with Crippen molar-refractivity contribution >= 4 is 46.6 Å². The van der Waals surface area contributed by atoms with E-state index in [0.717, 1.165) is 0 Å². The van der Waals surface area contributed by atoms with Crippen LogP contribution in [0.25, 0.3) is 0 Å². The molecule has 11 nitrogen and oxygen atoms in total. The zero-order valence-electron chi connectivity index (χ0n) is 15.5. The van der Waals surface area contributed by atoms with Gasteiger partial charge >= 0.3 is 6.09 Å². The summed E-state index contributed by atoms with van der Waals surface area (Å²) in [5.41, 5.74) is 1.95. The highest BCUT2D eigenvalue weighted by molar-refractivity contribution is 6.46. The molecule has 4 N–H and O–H groups in total. The van der Waals surface area contributed by atoms with Crippen LogP contribution in [0.15, 0.2) is 28.1 Å². The Hall–Kier alpha value is -3.62. The first-order chi connectivity index (χ1) is 14.1. The Kier molecular flexibility index (Phi) is 7.35. The van der Waals surface area contributed by atoms with Crippen molar-refractivity contribution in [2.75, 3.05) is 5.43 Å². The van der Waals surface area contributed by atoms with E-state index in [0.29, 0.717) is 5.56 Å². The topological polar surface area (TPSA) is 170 Å². The number of hydrogen-bond acceptors (Lipinski definition) is 8. The van der Waals surface area contributed by atoms with Gasteiger partial charge in [0, 0.05) is 11.6 Å². The molecule has 0 aliphatic carbocycles. The summed E-state index contributed by atoms with van der Waals surface area (Å²) < 4.78 is 5.58. The lowest BCUT2D eigenvalue weighted by Crippen LogP contribution is -2.34. The van der Waals surface area contributed by atoms with Crippen LogP contribution in [0.2, 0.25) is 10.0 Å². The number of nitrogens with zero attached hydrogens (tertiary/aromatic N) is 3. The number of hydrogen-bond donors (Lipinski definition) is 4. The Labute approximate surface area is 179 Å². The molecule has 2 rings (SSSR count). The Morgan fingerprint density at radius 3 is 2.47 bits per heavy atom. The number of rotatable bonds is 6. The molecule has 13 heteroatoms. The molecule has 156 valence electrons. The van der Waals surface area contributed by atoms with Crippen molar-refractivity contribution in [2.45, 2.75) is 19.8 Å². The minimum absolute atomic E-state index is 0.0350. The number of amides is 2. The molecule has 0 aliphatic heterocycles. The van der Waals surface area contributed by atoms with E-state index in [1.807, 2.05) is 13.8 Å². The summed E-state index contributed by atoms with van der Waals surface area (Å²) in [6.45, 7) is 3.67.